The topological polar surface area (TPSA) is 78.7 Å². The summed E-state index contributed by atoms with van der Waals surface area (Å²) < 4.78 is 18.5. The third-order valence-corrected chi connectivity index (χ3v) is 6.51. The van der Waals surface area contributed by atoms with Crippen LogP contribution >= 0.6 is 11.8 Å². The maximum absolute atomic E-state index is 12.3. The molecule has 1 saturated carbocycles. The monoisotopic (exact) mass is 468 g/mol. The van der Waals surface area contributed by atoms with E-state index in [-0.39, 0.29) is 11.7 Å². The van der Waals surface area contributed by atoms with Crippen LogP contribution in [0.15, 0.2) is 41.6 Å². The van der Waals surface area contributed by atoms with Gasteiger partial charge in [-0.1, -0.05) is 11.8 Å². The Morgan fingerprint density at radius 2 is 1.67 bits per heavy atom. The number of hydrogen-bond donors (Lipinski definition) is 0. The first kappa shape index (κ1) is 23.0. The Labute approximate surface area is 197 Å². The molecule has 0 bridgehead atoms. The highest BCUT2D eigenvalue weighted by Gasteiger charge is 2.30. The Morgan fingerprint density at radius 1 is 1.03 bits per heavy atom. The number of benzene rings is 2. The van der Waals surface area contributed by atoms with E-state index >= 15 is 0 Å². The number of hydrogen-bond acceptors (Lipinski definition) is 8. The second-order valence-corrected chi connectivity index (χ2v) is 8.94. The van der Waals surface area contributed by atoms with E-state index in [9.17, 15) is 4.79 Å². The quantitative estimate of drug-likeness (QED) is 0.412. The molecule has 9 heteroatoms. The molecule has 1 heterocycles. The normalized spacial score (nSPS) is 13.0. The predicted octanol–water partition coefficient (Wildman–Crippen LogP) is 4.10. The number of carbonyl (C=O) groups excluding carboxylic acids is 1. The Hall–Kier alpha value is -3.20. The van der Waals surface area contributed by atoms with E-state index in [4.69, 9.17) is 14.2 Å². The number of ketones is 1. The van der Waals surface area contributed by atoms with Crippen molar-refractivity contribution >= 4 is 23.2 Å². The molecule has 0 spiro atoms. The highest BCUT2D eigenvalue weighted by atomic mass is 32.2. The van der Waals surface area contributed by atoms with Crippen molar-refractivity contribution in [2.45, 2.75) is 18.0 Å². The average Bonchev–Trinajstić information content (AvgIpc) is 3.61. The van der Waals surface area contributed by atoms with Gasteiger partial charge in [-0.15, -0.1) is 10.2 Å². The van der Waals surface area contributed by atoms with Gasteiger partial charge in [0, 0.05) is 37.0 Å². The maximum Gasteiger partial charge on any atom is 0.203 e. The number of aromatic nitrogens is 3. The molecule has 0 aliphatic heterocycles. The zero-order valence-corrected chi connectivity index (χ0v) is 20.3. The zero-order chi connectivity index (χ0) is 23.5. The number of rotatable bonds is 10. The van der Waals surface area contributed by atoms with Gasteiger partial charge < -0.3 is 19.1 Å². The van der Waals surface area contributed by atoms with Crippen LogP contribution < -0.4 is 19.1 Å². The molecule has 3 aromatic rings. The minimum atomic E-state index is 0.211. The van der Waals surface area contributed by atoms with Gasteiger partial charge in [0.05, 0.1) is 27.1 Å². The molecule has 2 aromatic carbocycles. The van der Waals surface area contributed by atoms with Crippen LogP contribution in [0, 0.1) is 5.92 Å². The second kappa shape index (κ2) is 9.74. The third-order valence-electron chi connectivity index (χ3n) is 5.56. The molecule has 0 N–H and O–H groups in total. The summed E-state index contributed by atoms with van der Waals surface area (Å²) in [5.41, 5.74) is 2.74. The number of thioether (sulfide) groups is 1. The van der Waals surface area contributed by atoms with Gasteiger partial charge in [0.1, 0.15) is 5.78 Å². The van der Waals surface area contributed by atoms with Crippen molar-refractivity contribution in [2.75, 3.05) is 46.1 Å². The van der Waals surface area contributed by atoms with Crippen LogP contribution in [0.1, 0.15) is 12.8 Å². The van der Waals surface area contributed by atoms with Gasteiger partial charge in [0.25, 0.3) is 0 Å². The zero-order valence-electron chi connectivity index (χ0n) is 19.5. The third kappa shape index (κ3) is 4.78. The number of anilines is 1. The first-order valence-corrected chi connectivity index (χ1v) is 11.6. The van der Waals surface area contributed by atoms with Crippen molar-refractivity contribution in [3.8, 4) is 34.3 Å². The maximum atomic E-state index is 12.3. The molecular weight excluding hydrogens is 440 g/mol. The molecule has 1 aromatic heterocycles. The largest absolute Gasteiger partial charge is 0.493 e. The number of nitrogens with zero attached hydrogens (tertiary/aromatic N) is 4. The predicted molar refractivity (Wildman–Crippen MR) is 129 cm³/mol. The lowest BCUT2D eigenvalue weighted by molar-refractivity contribution is -0.117. The minimum Gasteiger partial charge on any atom is -0.493 e. The summed E-state index contributed by atoms with van der Waals surface area (Å²) in [7, 11) is 8.73. The van der Waals surface area contributed by atoms with E-state index in [2.05, 4.69) is 10.2 Å². The van der Waals surface area contributed by atoms with Crippen molar-refractivity contribution in [1.29, 1.82) is 0 Å². The lowest BCUT2D eigenvalue weighted by Gasteiger charge is -2.16. The summed E-state index contributed by atoms with van der Waals surface area (Å²) >= 11 is 1.41. The molecule has 0 unspecified atom stereocenters. The van der Waals surface area contributed by atoms with E-state index in [0.29, 0.717) is 34.0 Å². The van der Waals surface area contributed by atoms with Gasteiger partial charge >= 0.3 is 0 Å². The molecule has 0 amide bonds. The summed E-state index contributed by atoms with van der Waals surface area (Å²) in [6.07, 6.45) is 1.99. The molecule has 8 nitrogen and oxygen atoms in total. The number of methoxy groups -OCH3 is 3. The van der Waals surface area contributed by atoms with Gasteiger partial charge in [-0.05, 0) is 49.2 Å². The van der Waals surface area contributed by atoms with Gasteiger partial charge in [0.2, 0.25) is 5.75 Å². The Kier molecular flexibility index (Phi) is 6.78. The fourth-order valence-electron chi connectivity index (χ4n) is 3.55. The second-order valence-electron chi connectivity index (χ2n) is 8.00. The standard InChI is InChI=1S/C24H28N4O4S/c1-27(2)17-8-10-18(11-9-17)28-23(25-26-24(28)33-14-19(29)15-6-7-15)16-12-20(30-3)22(32-5)21(13-16)31-4/h8-13,15H,6-7,14H2,1-5H3. The van der Waals surface area contributed by atoms with Gasteiger partial charge in [-0.3, -0.25) is 9.36 Å². The lowest BCUT2D eigenvalue weighted by atomic mass is 10.1. The van der Waals surface area contributed by atoms with E-state index in [1.165, 1.54) is 11.8 Å². The highest BCUT2D eigenvalue weighted by molar-refractivity contribution is 7.99. The van der Waals surface area contributed by atoms with Crippen molar-refractivity contribution in [3.63, 3.8) is 0 Å². The van der Waals surface area contributed by atoms with Crippen molar-refractivity contribution < 1.29 is 19.0 Å². The lowest BCUT2D eigenvalue weighted by Crippen LogP contribution is -2.09. The number of ether oxygens (including phenoxy) is 3. The molecule has 1 aliphatic rings. The summed E-state index contributed by atoms with van der Waals surface area (Å²) in [5, 5.41) is 9.57. The molecule has 0 saturated heterocycles. The summed E-state index contributed by atoms with van der Waals surface area (Å²) in [4.78, 5) is 14.4. The summed E-state index contributed by atoms with van der Waals surface area (Å²) in [5.74, 6) is 3.05. The van der Waals surface area contributed by atoms with Crippen LogP contribution in [0.5, 0.6) is 17.2 Å². The average molecular weight is 469 g/mol. The van der Waals surface area contributed by atoms with Crippen LogP contribution in [-0.2, 0) is 4.79 Å². The molecule has 1 fully saturated rings. The Morgan fingerprint density at radius 3 is 2.18 bits per heavy atom. The van der Waals surface area contributed by atoms with Crippen LogP contribution in [0.4, 0.5) is 5.69 Å². The van der Waals surface area contributed by atoms with Gasteiger partial charge in [-0.2, -0.15) is 0 Å². The summed E-state index contributed by atoms with van der Waals surface area (Å²) in [6.45, 7) is 0. The summed E-state index contributed by atoms with van der Waals surface area (Å²) in [6, 6.07) is 11.8. The molecule has 1 aliphatic carbocycles. The van der Waals surface area contributed by atoms with Crippen molar-refractivity contribution in [2.24, 2.45) is 5.92 Å². The van der Waals surface area contributed by atoms with Crippen LogP contribution in [0.3, 0.4) is 0 Å². The Bertz CT molecular complexity index is 1110. The van der Waals surface area contributed by atoms with Crippen LogP contribution in [0.2, 0.25) is 0 Å². The highest BCUT2D eigenvalue weighted by Crippen LogP contribution is 2.42. The SMILES string of the molecule is COc1cc(-c2nnc(SCC(=O)C3CC3)n2-c2ccc(N(C)C)cc2)cc(OC)c1OC. The van der Waals surface area contributed by atoms with E-state index < -0.39 is 0 Å². The fraction of sp³-hybridized carbons (Fsp3) is 0.375. The fourth-order valence-corrected chi connectivity index (χ4v) is 4.48. The molecule has 174 valence electrons. The molecular formula is C24H28N4O4S. The molecule has 33 heavy (non-hydrogen) atoms. The van der Waals surface area contributed by atoms with Crippen LogP contribution in [-0.4, -0.2) is 61.7 Å². The molecule has 0 atom stereocenters. The van der Waals surface area contributed by atoms with Crippen molar-refractivity contribution in [3.05, 3.63) is 36.4 Å². The Balaban J connectivity index is 1.80. The van der Waals surface area contributed by atoms with E-state index in [0.717, 1.165) is 29.8 Å². The van der Waals surface area contributed by atoms with E-state index in [1.807, 2.05) is 60.0 Å². The number of Topliss-reactive ketones (excluding diaryl/α,β-unsaturated/α-hetero) is 1. The minimum absolute atomic E-state index is 0.211. The molecule has 0 radical (unpaired) electrons. The van der Waals surface area contributed by atoms with Crippen molar-refractivity contribution in [1.82, 2.24) is 14.8 Å². The number of carbonyl (C=O) groups is 1. The van der Waals surface area contributed by atoms with Gasteiger partial charge in [0.15, 0.2) is 22.5 Å². The molecule has 4 rings (SSSR count). The first-order chi connectivity index (χ1) is 16.0. The smallest absolute Gasteiger partial charge is 0.203 e. The first-order valence-electron chi connectivity index (χ1n) is 10.7. The van der Waals surface area contributed by atoms with E-state index in [1.54, 1.807) is 21.3 Å². The van der Waals surface area contributed by atoms with Crippen LogP contribution in [0.25, 0.3) is 17.1 Å². The van der Waals surface area contributed by atoms with Gasteiger partial charge in [-0.25, -0.2) is 0 Å².